The second kappa shape index (κ2) is 12.9. The van der Waals surface area contributed by atoms with Gasteiger partial charge in [-0.3, -0.25) is 9.48 Å². The number of carbonyl (C=O) groups is 1. The van der Waals surface area contributed by atoms with Crippen LogP contribution < -0.4 is 9.46 Å². The molecular formula is C32H29F2N3O4S. The molecule has 0 radical (unpaired) electrons. The van der Waals surface area contributed by atoms with Crippen molar-refractivity contribution >= 4 is 26.7 Å². The van der Waals surface area contributed by atoms with Crippen molar-refractivity contribution in [3.05, 3.63) is 126 Å². The highest BCUT2D eigenvalue weighted by Gasteiger charge is 2.19. The summed E-state index contributed by atoms with van der Waals surface area (Å²) in [4.78, 5) is 11.9. The normalized spacial score (nSPS) is 11.5. The zero-order valence-corrected chi connectivity index (χ0v) is 23.5. The Hall–Kier alpha value is -4.57. The largest absolute Gasteiger partial charge is 0.493 e. The van der Waals surface area contributed by atoms with Crippen LogP contribution in [0.5, 0.6) is 5.75 Å². The third-order valence-corrected chi connectivity index (χ3v) is 8.17. The van der Waals surface area contributed by atoms with Crippen molar-refractivity contribution in [1.82, 2.24) is 14.5 Å². The van der Waals surface area contributed by atoms with Crippen LogP contribution in [0.25, 0.3) is 10.8 Å². The number of hydrogen-bond donors (Lipinski definition) is 1. The molecule has 1 heterocycles. The molecule has 1 N–H and O–H groups in total. The number of ether oxygens (including phenoxy) is 1. The molecule has 7 nitrogen and oxygen atoms in total. The molecule has 1 aromatic heterocycles. The van der Waals surface area contributed by atoms with Gasteiger partial charge in [0.15, 0.2) is 11.6 Å². The van der Waals surface area contributed by atoms with Gasteiger partial charge in [0.25, 0.3) is 10.0 Å². The van der Waals surface area contributed by atoms with Crippen molar-refractivity contribution in [2.75, 3.05) is 6.61 Å². The fourth-order valence-electron chi connectivity index (χ4n) is 4.64. The van der Waals surface area contributed by atoms with Crippen LogP contribution in [0.2, 0.25) is 0 Å². The van der Waals surface area contributed by atoms with Crippen molar-refractivity contribution in [2.24, 2.45) is 0 Å². The molecule has 5 rings (SSSR count). The van der Waals surface area contributed by atoms with Crippen molar-refractivity contribution in [2.45, 2.75) is 37.1 Å². The number of carbonyl (C=O) groups excluding carboxylic acids is 1. The molecule has 0 saturated heterocycles. The summed E-state index contributed by atoms with van der Waals surface area (Å²) in [5.41, 5.74) is 3.04. The summed E-state index contributed by atoms with van der Waals surface area (Å²) in [6, 6.07) is 24.4. The highest BCUT2D eigenvalue weighted by Crippen LogP contribution is 2.24. The summed E-state index contributed by atoms with van der Waals surface area (Å²) in [5.74, 6) is -2.54. The molecule has 0 spiro atoms. The van der Waals surface area contributed by atoms with Gasteiger partial charge in [0, 0.05) is 25.2 Å². The molecule has 0 unspecified atom stereocenters. The quantitative estimate of drug-likeness (QED) is 0.198. The van der Waals surface area contributed by atoms with Crippen LogP contribution in [0, 0.1) is 11.6 Å². The Balaban J connectivity index is 1.22. The first-order chi connectivity index (χ1) is 20.3. The zero-order valence-electron chi connectivity index (χ0n) is 22.7. The summed E-state index contributed by atoms with van der Waals surface area (Å²) in [6.07, 6.45) is 5.02. The smallest absolute Gasteiger partial charge is 0.264 e. The first-order valence-corrected chi connectivity index (χ1v) is 15.0. The predicted octanol–water partition coefficient (Wildman–Crippen LogP) is 5.81. The number of sulfonamides is 1. The number of halogens is 2. The van der Waals surface area contributed by atoms with Gasteiger partial charge >= 0.3 is 0 Å². The van der Waals surface area contributed by atoms with Crippen molar-refractivity contribution < 1.29 is 26.7 Å². The van der Waals surface area contributed by atoms with E-state index in [9.17, 15) is 22.0 Å². The van der Waals surface area contributed by atoms with Crippen molar-refractivity contribution in [3.63, 3.8) is 0 Å². The summed E-state index contributed by atoms with van der Waals surface area (Å²) >= 11 is 0. The van der Waals surface area contributed by atoms with Crippen LogP contribution in [0.3, 0.4) is 0 Å². The first kappa shape index (κ1) is 28.9. The standard InChI is InChI=1S/C32H29F2N3O4S/c33-29-14-13-28(21-30(29)34)42(39,40)36-32(38)8-3-7-26-12-10-24(22-37-17-4-16-35-37)20-31(26)41-18-15-23-9-11-25-5-1-2-6-27(25)19-23/h1-2,4-6,9-14,16-17,19-21H,3,7-8,15,18,22H2,(H,36,38). The Labute approximate surface area is 242 Å². The summed E-state index contributed by atoms with van der Waals surface area (Å²) in [6.45, 7) is 1.02. The molecule has 5 aromatic rings. The van der Waals surface area contributed by atoms with Gasteiger partial charge in [0.05, 0.1) is 18.0 Å². The first-order valence-electron chi connectivity index (χ1n) is 13.5. The summed E-state index contributed by atoms with van der Waals surface area (Å²) in [5, 5.41) is 6.61. The Morgan fingerprint density at radius 1 is 0.857 bits per heavy atom. The number of fused-ring (bicyclic) bond motifs is 1. The lowest BCUT2D eigenvalue weighted by molar-refractivity contribution is -0.119. The highest BCUT2D eigenvalue weighted by atomic mass is 32.2. The minimum absolute atomic E-state index is 0.0888. The number of amides is 1. The topological polar surface area (TPSA) is 90.3 Å². The Morgan fingerprint density at radius 3 is 2.45 bits per heavy atom. The number of rotatable bonds is 12. The molecule has 0 aliphatic heterocycles. The second-order valence-electron chi connectivity index (χ2n) is 9.88. The van der Waals surface area contributed by atoms with Crippen LogP contribution in [0.4, 0.5) is 8.78 Å². The lowest BCUT2D eigenvalue weighted by atomic mass is 10.0. The molecule has 0 bridgehead atoms. The molecule has 0 aliphatic carbocycles. The van der Waals surface area contributed by atoms with E-state index in [1.807, 2.05) is 52.0 Å². The fourth-order valence-corrected chi connectivity index (χ4v) is 5.66. The van der Waals surface area contributed by atoms with E-state index in [0.717, 1.165) is 22.8 Å². The highest BCUT2D eigenvalue weighted by molar-refractivity contribution is 7.90. The third kappa shape index (κ3) is 7.38. The summed E-state index contributed by atoms with van der Waals surface area (Å²) < 4.78 is 61.5. The van der Waals surface area contributed by atoms with E-state index in [1.54, 1.807) is 6.20 Å². The van der Waals surface area contributed by atoms with E-state index in [4.69, 9.17) is 4.74 Å². The maximum atomic E-state index is 13.5. The second-order valence-corrected chi connectivity index (χ2v) is 11.6. The Kier molecular flexibility index (Phi) is 8.92. The Morgan fingerprint density at radius 2 is 1.67 bits per heavy atom. The minimum Gasteiger partial charge on any atom is -0.493 e. The fraction of sp³-hybridized carbons (Fsp3) is 0.188. The SMILES string of the molecule is O=C(CCCc1ccc(Cn2cccn2)cc1OCCc1ccc2ccccc2c1)NS(=O)(=O)c1ccc(F)c(F)c1. The number of aryl methyl sites for hydroxylation is 1. The average molecular weight is 590 g/mol. The van der Waals surface area contributed by atoms with E-state index in [0.29, 0.717) is 50.3 Å². The molecule has 0 aliphatic rings. The Bertz CT molecular complexity index is 1810. The van der Waals surface area contributed by atoms with Gasteiger partial charge < -0.3 is 4.74 Å². The van der Waals surface area contributed by atoms with Gasteiger partial charge in [-0.05, 0) is 70.6 Å². The number of aromatic nitrogens is 2. The van der Waals surface area contributed by atoms with Gasteiger partial charge in [-0.15, -0.1) is 0 Å². The molecule has 1 amide bonds. The van der Waals surface area contributed by atoms with Crippen molar-refractivity contribution in [3.8, 4) is 5.75 Å². The van der Waals surface area contributed by atoms with Gasteiger partial charge in [-0.1, -0.05) is 54.6 Å². The maximum Gasteiger partial charge on any atom is 0.264 e. The molecule has 42 heavy (non-hydrogen) atoms. The molecule has 0 atom stereocenters. The van der Waals surface area contributed by atoms with Gasteiger partial charge in [0.2, 0.25) is 5.91 Å². The molecule has 4 aromatic carbocycles. The number of hydrogen-bond acceptors (Lipinski definition) is 5. The molecule has 10 heteroatoms. The molecule has 0 saturated carbocycles. The number of benzene rings is 4. The molecule has 216 valence electrons. The van der Waals surface area contributed by atoms with Crippen LogP contribution in [0.15, 0.2) is 102 Å². The van der Waals surface area contributed by atoms with Gasteiger partial charge in [0.1, 0.15) is 5.75 Å². The number of nitrogens with zero attached hydrogens (tertiary/aromatic N) is 2. The third-order valence-electron chi connectivity index (χ3n) is 6.80. The maximum absolute atomic E-state index is 13.5. The van der Waals surface area contributed by atoms with E-state index in [2.05, 4.69) is 35.4 Å². The predicted molar refractivity (Wildman–Crippen MR) is 156 cm³/mol. The van der Waals surface area contributed by atoms with Gasteiger partial charge in [-0.25, -0.2) is 21.9 Å². The van der Waals surface area contributed by atoms with Gasteiger partial charge in [-0.2, -0.15) is 5.10 Å². The summed E-state index contributed by atoms with van der Waals surface area (Å²) in [7, 11) is -4.32. The lowest BCUT2D eigenvalue weighted by Gasteiger charge is -2.14. The minimum atomic E-state index is -4.32. The van der Waals surface area contributed by atoms with Crippen molar-refractivity contribution in [1.29, 1.82) is 0 Å². The monoisotopic (exact) mass is 589 g/mol. The van der Waals surface area contributed by atoms with Crippen LogP contribution in [0.1, 0.15) is 29.5 Å². The van der Waals surface area contributed by atoms with Crippen LogP contribution >= 0.6 is 0 Å². The van der Waals surface area contributed by atoms with E-state index >= 15 is 0 Å². The van der Waals surface area contributed by atoms with Crippen LogP contribution in [-0.4, -0.2) is 30.7 Å². The molecular weight excluding hydrogens is 560 g/mol. The average Bonchev–Trinajstić information content (AvgIpc) is 3.48. The molecule has 0 fully saturated rings. The van der Waals surface area contributed by atoms with Crippen LogP contribution in [-0.2, 0) is 34.2 Å². The number of nitrogens with one attached hydrogen (secondary N) is 1. The van der Waals surface area contributed by atoms with E-state index < -0.39 is 32.5 Å². The van der Waals surface area contributed by atoms with E-state index in [1.165, 1.54) is 10.8 Å². The lowest BCUT2D eigenvalue weighted by Crippen LogP contribution is -2.30. The van der Waals surface area contributed by atoms with E-state index in [-0.39, 0.29) is 6.42 Å². The zero-order chi connectivity index (χ0) is 29.5.